The Kier molecular flexibility index (Phi) is 6.74. The van der Waals surface area contributed by atoms with Gasteiger partial charge in [0.05, 0.1) is 34.9 Å². The highest BCUT2D eigenvalue weighted by Crippen LogP contribution is 2.32. The van der Waals surface area contributed by atoms with Crippen LogP contribution in [0, 0.1) is 12.7 Å². The molecule has 36 heavy (non-hydrogen) atoms. The third kappa shape index (κ3) is 5.35. The van der Waals surface area contributed by atoms with Gasteiger partial charge in [0.15, 0.2) is 0 Å². The third-order valence-electron chi connectivity index (χ3n) is 5.64. The zero-order valence-corrected chi connectivity index (χ0v) is 20.8. The number of nitrogens with zero attached hydrogens (tertiary/aromatic N) is 3. The lowest BCUT2D eigenvalue weighted by atomic mass is 10.1. The Balaban J connectivity index is 1.51. The predicted octanol–water partition coefficient (Wildman–Crippen LogP) is 4.97. The molecule has 4 rings (SSSR count). The van der Waals surface area contributed by atoms with E-state index in [0.717, 1.165) is 11.1 Å². The van der Waals surface area contributed by atoms with Gasteiger partial charge in [0.25, 0.3) is 5.91 Å². The number of halogens is 1. The first kappa shape index (κ1) is 24.8. The van der Waals surface area contributed by atoms with Gasteiger partial charge < -0.3 is 15.4 Å². The molecule has 0 bridgehead atoms. The molecule has 8 nitrogen and oxygen atoms in total. The van der Waals surface area contributed by atoms with Crippen LogP contribution in [0.5, 0.6) is 11.5 Å². The molecule has 2 aromatic carbocycles. The summed E-state index contributed by atoms with van der Waals surface area (Å²) in [6.07, 6.45) is 5.15. The second-order valence-electron chi connectivity index (χ2n) is 9.51. The highest BCUT2D eigenvalue weighted by Gasteiger charge is 2.17. The number of carbonyl (C=O) groups is 2. The maximum absolute atomic E-state index is 14.3. The minimum Gasteiger partial charge on any atom is -0.456 e. The van der Waals surface area contributed by atoms with Crippen LogP contribution in [0.2, 0.25) is 0 Å². The lowest BCUT2D eigenvalue weighted by Gasteiger charge is -2.18. The number of pyridine rings is 1. The van der Waals surface area contributed by atoms with Crippen LogP contribution in [0.1, 0.15) is 42.3 Å². The number of aromatic nitrogens is 3. The van der Waals surface area contributed by atoms with Crippen molar-refractivity contribution in [3.05, 3.63) is 77.5 Å². The van der Waals surface area contributed by atoms with E-state index in [2.05, 4.69) is 20.7 Å². The van der Waals surface area contributed by atoms with E-state index in [1.165, 1.54) is 25.4 Å². The molecule has 0 spiro atoms. The molecular formula is C27H28FN5O3. The fourth-order valence-electron chi connectivity index (χ4n) is 3.74. The van der Waals surface area contributed by atoms with Gasteiger partial charge in [-0.2, -0.15) is 5.10 Å². The van der Waals surface area contributed by atoms with Crippen LogP contribution in [0.3, 0.4) is 0 Å². The number of benzene rings is 2. The second kappa shape index (κ2) is 9.77. The summed E-state index contributed by atoms with van der Waals surface area (Å²) >= 11 is 0. The highest BCUT2D eigenvalue weighted by molar-refractivity contribution is 5.99. The van der Waals surface area contributed by atoms with Crippen LogP contribution >= 0.6 is 0 Å². The molecule has 0 unspecified atom stereocenters. The molecule has 4 aromatic rings. The van der Waals surface area contributed by atoms with Gasteiger partial charge >= 0.3 is 0 Å². The molecular weight excluding hydrogens is 461 g/mol. The summed E-state index contributed by atoms with van der Waals surface area (Å²) in [6.45, 7) is 7.98. The summed E-state index contributed by atoms with van der Waals surface area (Å²) in [4.78, 5) is 28.8. The van der Waals surface area contributed by atoms with E-state index in [1.54, 1.807) is 29.2 Å². The zero-order chi connectivity index (χ0) is 26.0. The molecule has 0 aliphatic rings. The molecule has 2 amide bonds. The lowest BCUT2D eigenvalue weighted by molar-refractivity contribution is -0.115. The number of nitrogens with one attached hydrogen (secondary N) is 2. The van der Waals surface area contributed by atoms with Gasteiger partial charge in [0.1, 0.15) is 17.3 Å². The van der Waals surface area contributed by atoms with Crippen molar-refractivity contribution in [2.45, 2.75) is 39.7 Å². The molecule has 9 heteroatoms. The first-order valence-corrected chi connectivity index (χ1v) is 11.5. The van der Waals surface area contributed by atoms with Gasteiger partial charge in [-0.1, -0.05) is 12.1 Å². The maximum atomic E-state index is 14.3. The van der Waals surface area contributed by atoms with E-state index < -0.39 is 11.7 Å². The summed E-state index contributed by atoms with van der Waals surface area (Å²) in [5, 5.41) is 10.1. The minimum absolute atomic E-state index is 0.0889. The zero-order valence-electron chi connectivity index (χ0n) is 20.8. The van der Waals surface area contributed by atoms with E-state index in [0.29, 0.717) is 28.1 Å². The number of rotatable bonds is 6. The normalized spacial score (nSPS) is 11.4. The third-order valence-corrected chi connectivity index (χ3v) is 5.64. The number of hydrogen-bond donors (Lipinski definition) is 2. The highest BCUT2D eigenvalue weighted by atomic mass is 19.1. The van der Waals surface area contributed by atoms with Crippen molar-refractivity contribution in [2.75, 3.05) is 12.4 Å². The van der Waals surface area contributed by atoms with Gasteiger partial charge in [-0.15, -0.1) is 0 Å². The Bertz CT molecular complexity index is 1460. The fraction of sp³-hybridized carbons (Fsp3) is 0.259. The Morgan fingerprint density at radius 2 is 1.89 bits per heavy atom. The van der Waals surface area contributed by atoms with Crippen molar-refractivity contribution in [3.63, 3.8) is 0 Å². The number of fused-ring (bicyclic) bond motifs is 1. The Morgan fingerprint density at radius 1 is 1.11 bits per heavy atom. The molecule has 0 aliphatic carbocycles. The molecule has 0 radical (unpaired) electrons. The van der Waals surface area contributed by atoms with E-state index in [1.807, 2.05) is 39.8 Å². The van der Waals surface area contributed by atoms with Crippen LogP contribution in [0.15, 0.2) is 55.0 Å². The van der Waals surface area contributed by atoms with Crippen molar-refractivity contribution in [3.8, 4) is 11.5 Å². The van der Waals surface area contributed by atoms with E-state index in [9.17, 15) is 14.0 Å². The molecule has 2 N–H and O–H groups in total. The van der Waals surface area contributed by atoms with Crippen molar-refractivity contribution in [2.24, 2.45) is 0 Å². The number of anilines is 1. The number of carbonyl (C=O) groups excluding carboxylic acids is 2. The first-order valence-electron chi connectivity index (χ1n) is 11.5. The number of ether oxygens (including phenoxy) is 1. The van der Waals surface area contributed by atoms with Gasteiger partial charge in [-0.25, -0.2) is 4.39 Å². The summed E-state index contributed by atoms with van der Waals surface area (Å²) in [5.74, 6) is -0.330. The molecule has 0 atom stereocenters. The lowest BCUT2D eigenvalue weighted by Crippen LogP contribution is -2.22. The standard InChI is InChI=1S/C27H28FN5O3/c1-16-10-17(11-25(34)32-18-14-31-33(15-18)27(2,3)4)6-7-23(16)36-24-8-9-30-22-13-21(28)19(12-20(22)24)26(35)29-5/h6-10,12-15H,11H2,1-5H3,(H,29,35)(H,32,34). The molecule has 0 saturated heterocycles. The second-order valence-corrected chi connectivity index (χ2v) is 9.51. The van der Waals surface area contributed by atoms with Gasteiger partial charge in [0.2, 0.25) is 5.91 Å². The summed E-state index contributed by atoms with van der Waals surface area (Å²) in [7, 11) is 1.44. The summed E-state index contributed by atoms with van der Waals surface area (Å²) in [6, 6.07) is 9.79. The van der Waals surface area contributed by atoms with Crippen LogP contribution in [0.4, 0.5) is 10.1 Å². The minimum atomic E-state index is -0.656. The Hall–Kier alpha value is -4.27. The van der Waals surface area contributed by atoms with Gasteiger partial charge in [-0.3, -0.25) is 19.3 Å². The van der Waals surface area contributed by atoms with Crippen molar-refractivity contribution >= 4 is 28.4 Å². The van der Waals surface area contributed by atoms with E-state index >= 15 is 0 Å². The van der Waals surface area contributed by atoms with E-state index in [-0.39, 0.29) is 23.4 Å². The van der Waals surface area contributed by atoms with Crippen LogP contribution in [-0.2, 0) is 16.8 Å². The van der Waals surface area contributed by atoms with Gasteiger partial charge in [0, 0.05) is 30.9 Å². The van der Waals surface area contributed by atoms with Crippen LogP contribution < -0.4 is 15.4 Å². The fourth-order valence-corrected chi connectivity index (χ4v) is 3.74. The van der Waals surface area contributed by atoms with Gasteiger partial charge in [-0.05, 0) is 57.0 Å². The topological polar surface area (TPSA) is 98.1 Å². The number of hydrogen-bond acceptors (Lipinski definition) is 5. The monoisotopic (exact) mass is 489 g/mol. The summed E-state index contributed by atoms with van der Waals surface area (Å²) in [5.41, 5.74) is 2.40. The molecule has 0 saturated carbocycles. The molecule has 2 heterocycles. The van der Waals surface area contributed by atoms with Crippen LogP contribution in [-0.4, -0.2) is 33.6 Å². The largest absolute Gasteiger partial charge is 0.456 e. The Labute approximate surface area is 208 Å². The predicted molar refractivity (Wildman–Crippen MR) is 136 cm³/mol. The van der Waals surface area contributed by atoms with Crippen molar-refractivity contribution in [1.29, 1.82) is 0 Å². The maximum Gasteiger partial charge on any atom is 0.254 e. The first-order chi connectivity index (χ1) is 17.0. The average Bonchev–Trinajstić information content (AvgIpc) is 3.29. The van der Waals surface area contributed by atoms with Crippen molar-refractivity contribution in [1.82, 2.24) is 20.1 Å². The molecule has 0 aliphatic heterocycles. The van der Waals surface area contributed by atoms with Crippen molar-refractivity contribution < 1.29 is 18.7 Å². The average molecular weight is 490 g/mol. The van der Waals surface area contributed by atoms with E-state index in [4.69, 9.17) is 4.74 Å². The molecule has 2 aromatic heterocycles. The molecule has 186 valence electrons. The van der Waals surface area contributed by atoms with Crippen LogP contribution in [0.25, 0.3) is 10.9 Å². The number of amides is 2. The Morgan fingerprint density at radius 3 is 2.56 bits per heavy atom. The SMILES string of the molecule is CNC(=O)c1cc2c(Oc3ccc(CC(=O)Nc4cnn(C(C)(C)C)c4)cc3C)ccnc2cc1F. The smallest absolute Gasteiger partial charge is 0.254 e. The summed E-state index contributed by atoms with van der Waals surface area (Å²) < 4.78 is 22.3. The molecule has 0 fully saturated rings. The number of aryl methyl sites for hydroxylation is 1. The quantitative estimate of drug-likeness (QED) is 0.399.